The van der Waals surface area contributed by atoms with E-state index in [1.807, 2.05) is 19.2 Å². The molecule has 1 amide bonds. The number of carbonyl (C=O) groups is 1. The van der Waals surface area contributed by atoms with Crippen LogP contribution >= 0.6 is 0 Å². The summed E-state index contributed by atoms with van der Waals surface area (Å²) in [5, 5.41) is 4.00. The van der Waals surface area contributed by atoms with Gasteiger partial charge in [0.25, 0.3) is 0 Å². The molecule has 5 nitrogen and oxygen atoms in total. The van der Waals surface area contributed by atoms with Gasteiger partial charge in [-0.05, 0) is 24.5 Å². The molecule has 1 aromatic carbocycles. The molecule has 118 valence electrons. The number of rotatable bonds is 4. The lowest BCUT2D eigenvalue weighted by Crippen LogP contribution is -2.35. The molecule has 1 N–H and O–H groups in total. The molecule has 0 spiro atoms. The van der Waals surface area contributed by atoms with Crippen molar-refractivity contribution in [2.45, 2.75) is 25.3 Å². The Hall–Kier alpha value is -1.82. The highest BCUT2D eigenvalue weighted by Gasteiger charge is 2.28. The van der Waals surface area contributed by atoms with Gasteiger partial charge in [0.1, 0.15) is 0 Å². The number of fused-ring (bicyclic) bond motifs is 1. The Morgan fingerprint density at radius 3 is 2.86 bits per heavy atom. The molecule has 1 atom stereocenters. The lowest BCUT2D eigenvalue weighted by atomic mass is 10.1. The number of hydrogen-bond donors (Lipinski definition) is 1. The van der Waals surface area contributed by atoms with Crippen LogP contribution in [0.2, 0.25) is 0 Å². The van der Waals surface area contributed by atoms with Crippen molar-refractivity contribution < 1.29 is 13.2 Å². The standard InChI is InChI=1S/C16H20N2O3S/c1-18-10-12(14-4-2-3-5-15(14)18)6-7-16(19)17-13-8-9-22(20,21)11-13/h2-5,10,13H,6-9,11H2,1H3,(H,17,19)/t13-/m1/s1. The van der Waals surface area contributed by atoms with E-state index in [4.69, 9.17) is 0 Å². The van der Waals surface area contributed by atoms with Gasteiger partial charge in [0.05, 0.1) is 11.5 Å². The summed E-state index contributed by atoms with van der Waals surface area (Å²) in [5.74, 6) is 0.184. The summed E-state index contributed by atoms with van der Waals surface area (Å²) in [6, 6.07) is 7.90. The molecule has 0 aliphatic carbocycles. The Morgan fingerprint density at radius 1 is 1.36 bits per heavy atom. The van der Waals surface area contributed by atoms with Crippen molar-refractivity contribution in [2.24, 2.45) is 7.05 Å². The molecule has 0 radical (unpaired) electrons. The van der Waals surface area contributed by atoms with Crippen LogP contribution in [0.4, 0.5) is 0 Å². The Labute approximate surface area is 130 Å². The second-order valence-corrected chi connectivity index (χ2v) is 8.18. The summed E-state index contributed by atoms with van der Waals surface area (Å²) in [6.45, 7) is 0. The predicted octanol–water partition coefficient (Wildman–Crippen LogP) is 1.41. The molecular weight excluding hydrogens is 300 g/mol. The normalized spacial score (nSPS) is 20.3. The van der Waals surface area contributed by atoms with Gasteiger partial charge < -0.3 is 9.88 Å². The summed E-state index contributed by atoms with van der Waals surface area (Å²) in [6.07, 6.45) is 3.62. The molecule has 1 aliphatic heterocycles. The van der Waals surface area contributed by atoms with Crippen LogP contribution in [0, 0.1) is 0 Å². The molecule has 2 aromatic rings. The number of aromatic nitrogens is 1. The number of benzene rings is 1. The molecule has 0 bridgehead atoms. The lowest BCUT2D eigenvalue weighted by Gasteiger charge is -2.10. The van der Waals surface area contributed by atoms with E-state index in [0.717, 1.165) is 11.1 Å². The van der Waals surface area contributed by atoms with E-state index in [-0.39, 0.29) is 23.5 Å². The lowest BCUT2D eigenvalue weighted by molar-refractivity contribution is -0.121. The SMILES string of the molecule is Cn1cc(CCC(=O)N[C@@H]2CCS(=O)(=O)C2)c2ccccc21. The first-order valence-electron chi connectivity index (χ1n) is 7.47. The largest absolute Gasteiger partial charge is 0.352 e. The van der Waals surface area contributed by atoms with Crippen molar-refractivity contribution in [3.8, 4) is 0 Å². The van der Waals surface area contributed by atoms with E-state index in [1.165, 1.54) is 5.39 Å². The molecule has 22 heavy (non-hydrogen) atoms. The first-order chi connectivity index (χ1) is 10.4. The molecule has 1 fully saturated rings. The van der Waals surface area contributed by atoms with Gasteiger partial charge in [0.2, 0.25) is 5.91 Å². The maximum atomic E-state index is 12.0. The minimum Gasteiger partial charge on any atom is -0.352 e. The molecule has 0 unspecified atom stereocenters. The quantitative estimate of drug-likeness (QED) is 0.926. The molecule has 1 aliphatic rings. The zero-order valence-electron chi connectivity index (χ0n) is 12.6. The molecular formula is C16H20N2O3S. The van der Waals surface area contributed by atoms with Gasteiger partial charge in [0, 0.05) is 36.6 Å². The number of sulfone groups is 1. The Kier molecular flexibility index (Phi) is 3.95. The number of nitrogens with zero attached hydrogens (tertiary/aromatic N) is 1. The van der Waals surface area contributed by atoms with Crippen molar-refractivity contribution >= 4 is 26.6 Å². The maximum absolute atomic E-state index is 12.0. The van der Waals surface area contributed by atoms with E-state index in [2.05, 4.69) is 28.2 Å². The van der Waals surface area contributed by atoms with E-state index in [9.17, 15) is 13.2 Å². The number of aryl methyl sites for hydroxylation is 2. The van der Waals surface area contributed by atoms with E-state index in [1.54, 1.807) is 0 Å². The number of hydrogen-bond acceptors (Lipinski definition) is 3. The van der Waals surface area contributed by atoms with Crippen molar-refractivity contribution in [3.63, 3.8) is 0 Å². The topological polar surface area (TPSA) is 68.2 Å². The fourth-order valence-corrected chi connectivity index (χ4v) is 4.76. The van der Waals surface area contributed by atoms with Crippen LogP contribution in [0.3, 0.4) is 0 Å². The summed E-state index contributed by atoms with van der Waals surface area (Å²) >= 11 is 0. The zero-order chi connectivity index (χ0) is 15.7. The van der Waals surface area contributed by atoms with Crippen LogP contribution in [0.5, 0.6) is 0 Å². The van der Waals surface area contributed by atoms with Crippen LogP contribution in [-0.2, 0) is 28.1 Å². The minimum atomic E-state index is -2.95. The molecule has 1 saturated heterocycles. The smallest absolute Gasteiger partial charge is 0.220 e. The van der Waals surface area contributed by atoms with Crippen LogP contribution in [0.25, 0.3) is 10.9 Å². The monoisotopic (exact) mass is 320 g/mol. The molecule has 0 saturated carbocycles. The molecule has 6 heteroatoms. The third-order valence-corrected chi connectivity index (χ3v) is 5.97. The Balaban J connectivity index is 1.61. The predicted molar refractivity (Wildman–Crippen MR) is 86.4 cm³/mol. The second kappa shape index (κ2) is 5.76. The Bertz CT molecular complexity index is 808. The average Bonchev–Trinajstić information content (AvgIpc) is 2.97. The summed E-state index contributed by atoms with van der Waals surface area (Å²) in [7, 11) is -0.956. The first kappa shape index (κ1) is 15.1. The third kappa shape index (κ3) is 3.16. The zero-order valence-corrected chi connectivity index (χ0v) is 13.4. The van der Waals surface area contributed by atoms with E-state index in [0.29, 0.717) is 19.3 Å². The second-order valence-electron chi connectivity index (χ2n) is 5.95. The molecule has 2 heterocycles. The average molecular weight is 320 g/mol. The van der Waals surface area contributed by atoms with Crippen LogP contribution in [-0.4, -0.2) is 36.4 Å². The molecule has 3 rings (SSSR count). The van der Waals surface area contributed by atoms with Crippen LogP contribution in [0.1, 0.15) is 18.4 Å². The highest BCUT2D eigenvalue weighted by molar-refractivity contribution is 7.91. The van der Waals surface area contributed by atoms with E-state index < -0.39 is 9.84 Å². The molecule has 1 aromatic heterocycles. The van der Waals surface area contributed by atoms with Gasteiger partial charge >= 0.3 is 0 Å². The van der Waals surface area contributed by atoms with Crippen molar-refractivity contribution in [1.29, 1.82) is 0 Å². The first-order valence-corrected chi connectivity index (χ1v) is 9.29. The van der Waals surface area contributed by atoms with Crippen molar-refractivity contribution in [3.05, 3.63) is 36.0 Å². The van der Waals surface area contributed by atoms with Gasteiger partial charge in [-0.2, -0.15) is 0 Å². The number of nitrogens with one attached hydrogen (secondary N) is 1. The number of amides is 1. The Morgan fingerprint density at radius 2 is 2.14 bits per heavy atom. The fourth-order valence-electron chi connectivity index (χ4n) is 3.08. The highest BCUT2D eigenvalue weighted by Crippen LogP contribution is 2.21. The fraction of sp³-hybridized carbons (Fsp3) is 0.438. The summed E-state index contributed by atoms with van der Waals surface area (Å²) in [4.78, 5) is 12.0. The summed E-state index contributed by atoms with van der Waals surface area (Å²) in [5.41, 5.74) is 2.30. The highest BCUT2D eigenvalue weighted by atomic mass is 32.2. The van der Waals surface area contributed by atoms with Gasteiger partial charge in [-0.25, -0.2) is 8.42 Å². The van der Waals surface area contributed by atoms with Crippen LogP contribution in [0.15, 0.2) is 30.5 Å². The minimum absolute atomic E-state index is 0.0740. The van der Waals surface area contributed by atoms with Gasteiger partial charge in [0.15, 0.2) is 9.84 Å². The van der Waals surface area contributed by atoms with E-state index >= 15 is 0 Å². The van der Waals surface area contributed by atoms with Gasteiger partial charge in [-0.15, -0.1) is 0 Å². The third-order valence-electron chi connectivity index (χ3n) is 4.20. The number of carbonyl (C=O) groups excluding carboxylic acids is 1. The van der Waals surface area contributed by atoms with Crippen molar-refractivity contribution in [2.75, 3.05) is 11.5 Å². The summed E-state index contributed by atoms with van der Waals surface area (Å²) < 4.78 is 24.9. The van der Waals surface area contributed by atoms with Crippen LogP contribution < -0.4 is 5.32 Å². The number of para-hydroxylation sites is 1. The van der Waals surface area contributed by atoms with Gasteiger partial charge in [-0.3, -0.25) is 4.79 Å². The van der Waals surface area contributed by atoms with Gasteiger partial charge in [-0.1, -0.05) is 18.2 Å². The maximum Gasteiger partial charge on any atom is 0.220 e. The van der Waals surface area contributed by atoms with Crippen molar-refractivity contribution in [1.82, 2.24) is 9.88 Å².